The molecule has 0 fully saturated rings. The Morgan fingerprint density at radius 3 is 2.58 bits per heavy atom. The number of fused-ring (bicyclic) bond motifs is 1. The van der Waals surface area contributed by atoms with E-state index in [2.05, 4.69) is 30.8 Å². The van der Waals surface area contributed by atoms with Gasteiger partial charge in [0, 0.05) is 39.5 Å². The SMILES string of the molecule is CC(C)(C)[S@+]([O-])NC(Cc1nc(S(C)(=O)=O)ccc1F)c1ccccc1-c1noc2cc(Br)ccc12. The van der Waals surface area contributed by atoms with Gasteiger partial charge in [0.2, 0.25) is 0 Å². The van der Waals surface area contributed by atoms with Crippen LogP contribution in [0.1, 0.15) is 38.1 Å². The molecule has 0 saturated carbocycles. The van der Waals surface area contributed by atoms with Crippen LogP contribution in [0.3, 0.4) is 0 Å². The molecule has 0 aliphatic carbocycles. The number of pyridine rings is 1. The first-order chi connectivity index (χ1) is 16.8. The van der Waals surface area contributed by atoms with Gasteiger partial charge < -0.3 is 9.08 Å². The number of hydrogen-bond donors (Lipinski definition) is 1. The summed E-state index contributed by atoms with van der Waals surface area (Å²) in [5, 5.41) is 4.84. The summed E-state index contributed by atoms with van der Waals surface area (Å²) < 4.78 is 61.0. The fourth-order valence-electron chi connectivity index (χ4n) is 3.65. The molecule has 2 aromatic carbocycles. The second kappa shape index (κ2) is 10.2. The molecule has 36 heavy (non-hydrogen) atoms. The third-order valence-electron chi connectivity index (χ3n) is 5.50. The van der Waals surface area contributed by atoms with Crippen LogP contribution in [0, 0.1) is 5.82 Å². The Hall–Kier alpha value is -2.31. The van der Waals surface area contributed by atoms with Gasteiger partial charge >= 0.3 is 0 Å². The van der Waals surface area contributed by atoms with Crippen molar-refractivity contribution in [2.45, 2.75) is 43.0 Å². The highest BCUT2D eigenvalue weighted by Gasteiger charge is 2.32. The lowest BCUT2D eigenvalue weighted by molar-refractivity contribution is 0.459. The molecular weight excluding hydrogens is 569 g/mol. The summed E-state index contributed by atoms with van der Waals surface area (Å²) in [5.41, 5.74) is 2.52. The molecule has 4 aromatic rings. The maximum atomic E-state index is 14.8. The quantitative estimate of drug-likeness (QED) is 0.280. The van der Waals surface area contributed by atoms with Crippen molar-refractivity contribution in [2.24, 2.45) is 0 Å². The van der Waals surface area contributed by atoms with Crippen LogP contribution in [0.5, 0.6) is 0 Å². The van der Waals surface area contributed by atoms with Gasteiger partial charge in [-0.05, 0) is 56.7 Å². The molecule has 0 aliphatic heterocycles. The van der Waals surface area contributed by atoms with E-state index in [0.717, 1.165) is 28.2 Å². The highest BCUT2D eigenvalue weighted by atomic mass is 79.9. The van der Waals surface area contributed by atoms with Crippen LogP contribution < -0.4 is 4.72 Å². The van der Waals surface area contributed by atoms with Crippen molar-refractivity contribution in [3.63, 3.8) is 0 Å². The fourth-order valence-corrected chi connectivity index (χ4v) is 5.40. The maximum Gasteiger partial charge on any atom is 0.192 e. The van der Waals surface area contributed by atoms with Gasteiger partial charge in [-0.3, -0.25) is 0 Å². The van der Waals surface area contributed by atoms with E-state index in [0.29, 0.717) is 22.4 Å². The zero-order valence-corrected chi connectivity index (χ0v) is 23.3. The number of sulfone groups is 1. The molecule has 0 aliphatic rings. The Morgan fingerprint density at radius 1 is 1.17 bits per heavy atom. The van der Waals surface area contributed by atoms with E-state index in [1.807, 2.05) is 63.2 Å². The molecule has 11 heteroatoms. The number of hydrogen-bond acceptors (Lipinski definition) is 7. The summed E-state index contributed by atoms with van der Waals surface area (Å²) in [5.74, 6) is -0.648. The Morgan fingerprint density at radius 2 is 1.89 bits per heavy atom. The summed E-state index contributed by atoms with van der Waals surface area (Å²) >= 11 is 1.90. The van der Waals surface area contributed by atoms with Crippen molar-refractivity contribution in [1.29, 1.82) is 0 Å². The average Bonchev–Trinajstić information content (AvgIpc) is 3.21. The van der Waals surface area contributed by atoms with E-state index < -0.39 is 37.8 Å². The Labute approximate surface area is 220 Å². The van der Waals surface area contributed by atoms with E-state index in [4.69, 9.17) is 4.52 Å². The van der Waals surface area contributed by atoms with Crippen molar-refractivity contribution in [3.05, 3.63) is 76.1 Å². The van der Waals surface area contributed by atoms with Gasteiger partial charge in [-0.15, -0.1) is 4.72 Å². The lowest BCUT2D eigenvalue weighted by atomic mass is 9.94. The molecule has 2 heterocycles. The molecule has 190 valence electrons. The summed E-state index contributed by atoms with van der Waals surface area (Å²) in [4.78, 5) is 4.09. The smallest absolute Gasteiger partial charge is 0.192 e. The zero-order valence-electron chi connectivity index (χ0n) is 20.1. The van der Waals surface area contributed by atoms with E-state index in [1.165, 1.54) is 0 Å². The van der Waals surface area contributed by atoms with Crippen LogP contribution in [0.2, 0.25) is 0 Å². The Balaban J connectivity index is 1.84. The molecule has 1 unspecified atom stereocenters. The third kappa shape index (κ3) is 5.81. The van der Waals surface area contributed by atoms with Crippen LogP contribution in [0.4, 0.5) is 4.39 Å². The first kappa shape index (κ1) is 26.7. The van der Waals surface area contributed by atoms with Gasteiger partial charge in [-0.2, -0.15) is 0 Å². The van der Waals surface area contributed by atoms with Gasteiger partial charge in [-0.25, -0.2) is 17.8 Å². The number of nitrogens with one attached hydrogen (secondary N) is 1. The van der Waals surface area contributed by atoms with Crippen LogP contribution in [-0.4, -0.2) is 34.1 Å². The molecule has 2 aromatic heterocycles. The molecule has 0 spiro atoms. The number of aromatic nitrogens is 2. The first-order valence-electron chi connectivity index (χ1n) is 11.0. The Kier molecular flexibility index (Phi) is 7.59. The highest BCUT2D eigenvalue weighted by Crippen LogP contribution is 2.36. The molecule has 0 radical (unpaired) electrons. The zero-order chi connectivity index (χ0) is 26.3. The van der Waals surface area contributed by atoms with E-state index in [9.17, 15) is 17.4 Å². The van der Waals surface area contributed by atoms with Crippen molar-refractivity contribution in [2.75, 3.05) is 6.26 Å². The summed E-state index contributed by atoms with van der Waals surface area (Å²) in [6.45, 7) is 5.47. The predicted molar refractivity (Wildman–Crippen MR) is 142 cm³/mol. The standard InChI is InChI=1S/C25H25BrFN3O4S2/c1-25(2,3)35(31)30-20(14-21-19(27)11-12-23(28-21)36(4,32)33)16-7-5-6-8-17(16)24-18-10-9-15(26)13-22(18)34-29-24/h5-13,20,30H,14H2,1-4H3/t20?,35-/m0/s1. The molecule has 1 N–H and O–H groups in total. The normalized spacial score (nSPS) is 14.2. The van der Waals surface area contributed by atoms with Crippen molar-refractivity contribution in [1.82, 2.24) is 14.9 Å². The van der Waals surface area contributed by atoms with Crippen LogP contribution in [-0.2, 0) is 27.6 Å². The van der Waals surface area contributed by atoms with Gasteiger partial charge in [0.25, 0.3) is 0 Å². The molecule has 0 bridgehead atoms. The van der Waals surface area contributed by atoms with Crippen molar-refractivity contribution < 1.29 is 21.9 Å². The lowest BCUT2D eigenvalue weighted by Gasteiger charge is -2.29. The monoisotopic (exact) mass is 593 g/mol. The largest absolute Gasteiger partial charge is 0.598 e. The number of halogens is 2. The highest BCUT2D eigenvalue weighted by molar-refractivity contribution is 9.10. The number of rotatable bonds is 7. The summed E-state index contributed by atoms with van der Waals surface area (Å²) in [7, 11) is -3.64. The third-order valence-corrected chi connectivity index (χ3v) is 8.59. The van der Waals surface area contributed by atoms with E-state index in [1.54, 1.807) is 0 Å². The van der Waals surface area contributed by atoms with E-state index >= 15 is 0 Å². The second-order valence-electron chi connectivity index (χ2n) is 9.36. The second-order valence-corrected chi connectivity index (χ2v) is 14.2. The number of nitrogens with zero attached hydrogens (tertiary/aromatic N) is 2. The molecule has 2 atom stereocenters. The molecule has 0 saturated heterocycles. The minimum Gasteiger partial charge on any atom is -0.598 e. The van der Waals surface area contributed by atoms with Gasteiger partial charge in [0.15, 0.2) is 20.4 Å². The van der Waals surface area contributed by atoms with Gasteiger partial charge in [0.1, 0.15) is 16.3 Å². The Bertz CT molecular complexity index is 1520. The van der Waals surface area contributed by atoms with Crippen LogP contribution in [0.25, 0.3) is 22.2 Å². The molecule has 4 rings (SSSR count). The minimum absolute atomic E-state index is 0.0463. The maximum absolute atomic E-state index is 14.8. The van der Waals surface area contributed by atoms with Crippen LogP contribution >= 0.6 is 15.9 Å². The summed E-state index contributed by atoms with van der Waals surface area (Å²) in [6.07, 6.45) is 0.972. The molecular formula is C25H25BrFN3O4S2. The topological polar surface area (TPSA) is 108 Å². The average molecular weight is 595 g/mol. The predicted octanol–water partition coefficient (Wildman–Crippen LogP) is 5.53. The minimum atomic E-state index is -3.64. The van der Waals surface area contributed by atoms with Crippen LogP contribution in [0.15, 0.2) is 68.6 Å². The summed E-state index contributed by atoms with van der Waals surface area (Å²) in [6, 6.07) is 14.5. The van der Waals surface area contributed by atoms with Crippen molar-refractivity contribution in [3.8, 4) is 11.3 Å². The first-order valence-corrected chi connectivity index (χ1v) is 14.9. The van der Waals surface area contributed by atoms with E-state index in [-0.39, 0.29) is 17.1 Å². The van der Waals surface area contributed by atoms with Gasteiger partial charge in [-0.1, -0.05) is 45.4 Å². The fraction of sp³-hybridized carbons (Fsp3) is 0.280. The lowest BCUT2D eigenvalue weighted by Crippen LogP contribution is -2.42. The number of benzene rings is 2. The van der Waals surface area contributed by atoms with Crippen molar-refractivity contribution >= 4 is 48.1 Å². The van der Waals surface area contributed by atoms with Gasteiger partial charge in [0.05, 0.1) is 11.7 Å². The molecule has 0 amide bonds. The molecule has 7 nitrogen and oxygen atoms in total.